The number of esters is 2. The van der Waals surface area contributed by atoms with Gasteiger partial charge in [-0.25, -0.2) is 9.59 Å². The molecule has 376 valence electrons. The largest absolute Gasteiger partial charge is 2.00 e. The van der Waals surface area contributed by atoms with Crippen LogP contribution in [0.15, 0.2) is 73.8 Å². The molecule has 0 N–H and O–H groups in total. The molecule has 0 saturated carbocycles. The van der Waals surface area contributed by atoms with Gasteiger partial charge in [0.25, 0.3) is 0 Å². The summed E-state index contributed by atoms with van der Waals surface area (Å²) in [5.41, 5.74) is -0.140. The molecule has 0 aliphatic heterocycles. The van der Waals surface area contributed by atoms with E-state index < -0.39 is 23.9 Å². The van der Waals surface area contributed by atoms with Gasteiger partial charge in [-0.3, -0.25) is 0 Å². The van der Waals surface area contributed by atoms with Gasteiger partial charge in [0.15, 0.2) is 0 Å². The van der Waals surface area contributed by atoms with Crippen LogP contribution in [0.25, 0.3) is 0 Å². The maximum absolute atomic E-state index is 11.9. The second-order valence-electron chi connectivity index (χ2n) is 17.0. The van der Waals surface area contributed by atoms with E-state index in [4.69, 9.17) is 9.47 Å². The zero-order chi connectivity index (χ0) is 49.1. The third kappa shape index (κ3) is 43.6. The van der Waals surface area contributed by atoms with Crippen LogP contribution in [0, 0.1) is 13.8 Å². The number of carbonyl (C=O) groups excluding carboxylic acids is 4. The van der Waals surface area contributed by atoms with Crippen LogP contribution in [0.4, 0.5) is 0 Å². The standard InChI is InChI=1S/2C21H30O4.2C8H17.Sn/c2*1-2-3-4-5-6-7-8-9-10-11-14-17-25-21(24)19-16-13-12-15-18(19)20(22)23;2*1-3-5-7-8-6-4-2;/h2*2,12-13,15-16H,1,3-11,14,17H2,(H,22,23);2*1,3-8H2,2H3;/q;;;;+2/p-2. The third-order valence-corrected chi connectivity index (χ3v) is 11.0. The number of carbonyl (C=O) groups is 4. The van der Waals surface area contributed by atoms with Crippen molar-refractivity contribution < 1.29 is 38.9 Å². The molecule has 0 unspecified atom stereocenters. The summed E-state index contributed by atoms with van der Waals surface area (Å²) in [5, 5.41) is 22.0. The minimum absolute atomic E-state index is 0. The van der Waals surface area contributed by atoms with Crippen molar-refractivity contribution in [1.29, 1.82) is 0 Å². The quantitative estimate of drug-likeness (QED) is 0.0281. The summed E-state index contributed by atoms with van der Waals surface area (Å²) in [5.74, 6) is -3.92. The molecule has 9 heteroatoms. The number of hydrogen-bond donors (Lipinski definition) is 0. The molecule has 0 heterocycles. The zero-order valence-electron chi connectivity index (χ0n) is 42.4. The Balaban J connectivity index is -0.000000914. The smallest absolute Gasteiger partial charge is 0.545 e. The molecule has 67 heavy (non-hydrogen) atoms. The number of unbranched alkanes of at least 4 members (excludes halogenated alkanes) is 28. The van der Waals surface area contributed by atoms with Crippen LogP contribution < -0.4 is 10.2 Å². The molecule has 2 rings (SSSR count). The fourth-order valence-corrected chi connectivity index (χ4v) is 6.98. The molecular weight excluding hydrogens is 943 g/mol. The Labute approximate surface area is 426 Å². The molecule has 0 amide bonds. The Bertz CT molecular complexity index is 1350. The van der Waals surface area contributed by atoms with Gasteiger partial charge in [0.2, 0.25) is 0 Å². The van der Waals surface area contributed by atoms with Crippen LogP contribution >= 0.6 is 0 Å². The van der Waals surface area contributed by atoms with Crippen LogP contribution in [0.2, 0.25) is 0 Å². The maximum atomic E-state index is 11.9. The van der Waals surface area contributed by atoms with E-state index in [-0.39, 0.29) is 46.2 Å². The number of carboxylic acids is 2. The number of ether oxygens (including phenoxy) is 2. The van der Waals surface area contributed by atoms with Gasteiger partial charge >= 0.3 is 35.8 Å². The van der Waals surface area contributed by atoms with Crippen molar-refractivity contribution in [2.24, 2.45) is 0 Å². The van der Waals surface area contributed by atoms with Crippen LogP contribution in [0.3, 0.4) is 0 Å². The van der Waals surface area contributed by atoms with Crippen molar-refractivity contribution in [3.8, 4) is 0 Å². The second kappa shape index (κ2) is 53.6. The topological polar surface area (TPSA) is 133 Å². The molecule has 0 fully saturated rings. The molecule has 2 aromatic carbocycles. The summed E-state index contributed by atoms with van der Waals surface area (Å²) in [6.07, 6.45) is 43.2. The van der Waals surface area contributed by atoms with Crippen molar-refractivity contribution >= 4 is 47.8 Å². The van der Waals surface area contributed by atoms with Gasteiger partial charge in [0.1, 0.15) is 0 Å². The molecule has 0 aliphatic carbocycles. The van der Waals surface area contributed by atoms with Crippen molar-refractivity contribution in [3.63, 3.8) is 0 Å². The maximum Gasteiger partial charge on any atom is 2.00 e. The Morgan fingerprint density at radius 3 is 0.940 bits per heavy atom. The first-order chi connectivity index (χ1) is 32.2. The van der Waals surface area contributed by atoms with E-state index in [0.29, 0.717) is 13.2 Å². The Morgan fingerprint density at radius 1 is 0.418 bits per heavy atom. The molecule has 8 nitrogen and oxygen atoms in total. The number of hydrogen-bond acceptors (Lipinski definition) is 8. The fourth-order valence-electron chi connectivity index (χ4n) is 6.98. The Kier molecular flexibility index (Phi) is 54.2. The SMILES string of the molecule is C=CCCCCCCCCCCCOC(=O)c1ccccc1C(=O)[O-].C=CCCCCCCCCCCCOC(=O)c1ccccc1C(=O)[O-].[CH2]CCCCCCC.[CH2]CCCCCCC.[Sn+2]. The molecule has 0 aliphatic rings. The molecule has 0 atom stereocenters. The number of benzene rings is 2. The minimum Gasteiger partial charge on any atom is -0.545 e. The van der Waals surface area contributed by atoms with E-state index in [1.807, 2.05) is 12.2 Å². The normalized spacial score (nSPS) is 10.1. The average Bonchev–Trinajstić information content (AvgIpc) is 3.33. The Morgan fingerprint density at radius 2 is 0.672 bits per heavy atom. The number of rotatable bonds is 38. The minimum atomic E-state index is -1.36. The van der Waals surface area contributed by atoms with Gasteiger partial charge in [-0.1, -0.05) is 243 Å². The van der Waals surface area contributed by atoms with Crippen LogP contribution in [0.1, 0.15) is 261 Å². The summed E-state index contributed by atoms with van der Waals surface area (Å²) < 4.78 is 10.3. The van der Waals surface area contributed by atoms with Gasteiger partial charge in [0.05, 0.1) is 36.3 Å². The summed E-state index contributed by atoms with van der Waals surface area (Å²) in [7, 11) is 0. The third-order valence-electron chi connectivity index (χ3n) is 11.0. The summed E-state index contributed by atoms with van der Waals surface area (Å²) in [4.78, 5) is 45.8. The van der Waals surface area contributed by atoms with Crippen molar-refractivity contribution in [2.75, 3.05) is 13.2 Å². The zero-order valence-corrected chi connectivity index (χ0v) is 45.3. The number of carboxylic acid groups (broad SMARTS) is 2. The van der Waals surface area contributed by atoms with Crippen LogP contribution in [-0.2, 0) is 9.47 Å². The molecule has 2 aromatic rings. The molecular formula is C58H92O8Sn. The van der Waals surface area contributed by atoms with Crippen molar-refractivity contribution in [3.05, 3.63) is 110 Å². The van der Waals surface area contributed by atoms with E-state index in [2.05, 4.69) is 40.9 Å². The number of aromatic carboxylic acids is 2. The summed E-state index contributed by atoms with van der Waals surface area (Å²) >= 11 is 0. The van der Waals surface area contributed by atoms with E-state index >= 15 is 0 Å². The number of allylic oxidation sites excluding steroid dienone is 2. The van der Waals surface area contributed by atoms with Crippen molar-refractivity contribution in [1.82, 2.24) is 0 Å². The first kappa shape index (κ1) is 67.9. The van der Waals surface area contributed by atoms with Gasteiger partial charge in [-0.2, -0.15) is 0 Å². The molecule has 0 bridgehead atoms. The first-order valence-electron chi connectivity index (χ1n) is 25.9. The van der Waals surface area contributed by atoms with Gasteiger partial charge < -0.3 is 29.3 Å². The fraction of sp³-hybridized carbons (Fsp3) is 0.621. The van der Waals surface area contributed by atoms with Crippen LogP contribution in [-0.4, -0.2) is 61.0 Å². The average molecular weight is 1040 g/mol. The Hall–Kier alpha value is -3.40. The van der Waals surface area contributed by atoms with E-state index in [9.17, 15) is 29.4 Å². The molecule has 0 spiro atoms. The molecule has 4 radical (unpaired) electrons. The predicted molar refractivity (Wildman–Crippen MR) is 278 cm³/mol. The van der Waals surface area contributed by atoms with Crippen LogP contribution in [0.5, 0.6) is 0 Å². The predicted octanol–water partition coefficient (Wildman–Crippen LogP) is 14.6. The summed E-state index contributed by atoms with van der Waals surface area (Å²) in [6, 6.07) is 11.9. The van der Waals surface area contributed by atoms with E-state index in [1.165, 1.54) is 166 Å². The van der Waals surface area contributed by atoms with E-state index in [1.54, 1.807) is 24.3 Å². The van der Waals surface area contributed by atoms with Gasteiger partial charge in [-0.05, 0) is 50.7 Å². The first-order valence-corrected chi connectivity index (χ1v) is 25.9. The monoisotopic (exact) mass is 1040 g/mol. The molecule has 0 aromatic heterocycles. The molecule has 0 saturated heterocycles. The van der Waals surface area contributed by atoms with Crippen molar-refractivity contribution in [2.45, 2.75) is 219 Å². The van der Waals surface area contributed by atoms with Gasteiger partial charge in [-0.15, -0.1) is 13.2 Å². The summed E-state index contributed by atoms with van der Waals surface area (Å²) in [6.45, 7) is 20.1. The van der Waals surface area contributed by atoms with E-state index in [0.717, 1.165) is 64.2 Å². The second-order valence-corrected chi connectivity index (χ2v) is 17.0. The van der Waals surface area contributed by atoms with Gasteiger partial charge in [0, 0.05) is 11.1 Å².